The van der Waals surface area contributed by atoms with Crippen molar-refractivity contribution in [1.82, 2.24) is 4.90 Å². The summed E-state index contributed by atoms with van der Waals surface area (Å²) in [5, 5.41) is -0.188. The van der Waals surface area contributed by atoms with Crippen LogP contribution in [0.15, 0.2) is 47.4 Å². The number of rotatable bonds is 7. The van der Waals surface area contributed by atoms with E-state index in [1.54, 1.807) is 0 Å². The third kappa shape index (κ3) is 6.37. The van der Waals surface area contributed by atoms with Crippen LogP contribution in [0.2, 0.25) is 5.02 Å². The molecule has 0 radical (unpaired) electrons. The van der Waals surface area contributed by atoms with E-state index >= 15 is 0 Å². The van der Waals surface area contributed by atoms with Crippen LogP contribution in [-0.4, -0.2) is 38.3 Å². The van der Waals surface area contributed by atoms with Gasteiger partial charge in [-0.05, 0) is 68.6 Å². The van der Waals surface area contributed by atoms with E-state index in [0.29, 0.717) is 25.6 Å². The Morgan fingerprint density at radius 3 is 2.45 bits per heavy atom. The first-order valence-corrected chi connectivity index (χ1v) is 12.0. The molecule has 0 N–H and O–H groups in total. The fraction of sp³-hybridized carbons (Fsp3) is 0.455. The molecule has 0 bridgehead atoms. The summed E-state index contributed by atoms with van der Waals surface area (Å²) in [4.78, 5) is 1.69. The van der Waals surface area contributed by atoms with Gasteiger partial charge in [0, 0.05) is 13.1 Å². The van der Waals surface area contributed by atoms with Gasteiger partial charge in [-0.2, -0.15) is 13.2 Å². The Balaban J connectivity index is 1.63. The third-order valence-electron chi connectivity index (χ3n) is 5.12. The molecule has 1 atom stereocenters. The van der Waals surface area contributed by atoms with Gasteiger partial charge in [0.15, 0.2) is 9.84 Å². The predicted octanol–water partition coefficient (Wildman–Crippen LogP) is 5.44. The molecule has 1 heterocycles. The topological polar surface area (TPSA) is 46.6 Å². The van der Waals surface area contributed by atoms with Crippen molar-refractivity contribution in [3.63, 3.8) is 0 Å². The van der Waals surface area contributed by atoms with E-state index in [1.807, 2.05) is 38.1 Å². The number of likely N-dealkylation sites (tertiary alicyclic amines) is 1. The Morgan fingerprint density at radius 1 is 1.16 bits per heavy atom. The molecule has 1 aliphatic rings. The Labute approximate surface area is 185 Å². The molecule has 9 heteroatoms. The first kappa shape index (κ1) is 23.9. The fourth-order valence-electron chi connectivity index (χ4n) is 3.71. The minimum Gasteiger partial charge on any atom is -0.491 e. The maximum atomic E-state index is 13.0. The summed E-state index contributed by atoms with van der Waals surface area (Å²) in [5.41, 5.74) is 0.0638. The molecule has 1 saturated heterocycles. The fourth-order valence-corrected chi connectivity index (χ4v) is 5.93. The van der Waals surface area contributed by atoms with Crippen molar-refractivity contribution >= 4 is 21.4 Å². The number of halogens is 4. The van der Waals surface area contributed by atoms with Crippen LogP contribution in [0.1, 0.15) is 31.4 Å². The number of nitrogens with zero attached hydrogens (tertiary/aromatic N) is 1. The van der Waals surface area contributed by atoms with E-state index in [2.05, 4.69) is 4.90 Å². The van der Waals surface area contributed by atoms with Gasteiger partial charge in [0.2, 0.25) is 0 Å². The number of alkyl halides is 3. The zero-order chi connectivity index (χ0) is 22.8. The molecule has 0 unspecified atom stereocenters. The number of benzene rings is 2. The average Bonchev–Trinajstić information content (AvgIpc) is 3.08. The van der Waals surface area contributed by atoms with Crippen molar-refractivity contribution in [3.05, 3.63) is 58.6 Å². The lowest BCUT2D eigenvalue weighted by molar-refractivity contribution is -0.137. The monoisotopic (exact) mass is 475 g/mol. The van der Waals surface area contributed by atoms with Gasteiger partial charge in [-0.25, -0.2) is 8.42 Å². The summed E-state index contributed by atoms with van der Waals surface area (Å²) in [6.45, 7) is 5.86. The second kappa shape index (κ2) is 9.38. The minimum atomic E-state index is -4.63. The Kier molecular flexibility index (Phi) is 7.23. The summed E-state index contributed by atoms with van der Waals surface area (Å²) < 4.78 is 70.2. The van der Waals surface area contributed by atoms with Crippen LogP contribution in [0.25, 0.3) is 0 Å². The molecule has 2 aromatic carbocycles. The summed E-state index contributed by atoms with van der Waals surface area (Å²) in [6, 6.07) is 10.2. The van der Waals surface area contributed by atoms with E-state index in [4.69, 9.17) is 16.3 Å². The van der Waals surface area contributed by atoms with Gasteiger partial charge in [0.05, 0.1) is 27.3 Å². The quantitative estimate of drug-likeness (QED) is 0.535. The van der Waals surface area contributed by atoms with E-state index in [9.17, 15) is 21.6 Å². The van der Waals surface area contributed by atoms with Gasteiger partial charge in [0.25, 0.3) is 0 Å². The molecule has 3 rings (SSSR count). The van der Waals surface area contributed by atoms with Crippen LogP contribution >= 0.6 is 11.6 Å². The minimum absolute atomic E-state index is 0.0949. The lowest BCUT2D eigenvalue weighted by atomic mass is 10.1. The first-order chi connectivity index (χ1) is 14.4. The third-order valence-corrected chi connectivity index (χ3v) is 7.48. The largest absolute Gasteiger partial charge is 0.491 e. The molecule has 31 heavy (non-hydrogen) atoms. The highest BCUT2D eigenvalue weighted by Crippen LogP contribution is 2.34. The molecular weight excluding hydrogens is 451 g/mol. The van der Waals surface area contributed by atoms with Gasteiger partial charge in [-0.15, -0.1) is 0 Å². The van der Waals surface area contributed by atoms with Crippen LogP contribution in [0.3, 0.4) is 0 Å². The van der Waals surface area contributed by atoms with Crippen molar-refractivity contribution in [3.8, 4) is 5.75 Å². The highest BCUT2D eigenvalue weighted by atomic mass is 35.5. The zero-order valence-electron chi connectivity index (χ0n) is 17.3. The van der Waals surface area contributed by atoms with Crippen molar-refractivity contribution in [2.24, 2.45) is 5.92 Å². The summed E-state index contributed by atoms with van der Waals surface area (Å²) in [7, 11) is -3.95. The average molecular weight is 476 g/mol. The van der Waals surface area contributed by atoms with E-state index < -0.39 is 26.5 Å². The summed E-state index contributed by atoms with van der Waals surface area (Å²) in [6.07, 6.45) is -3.88. The van der Waals surface area contributed by atoms with Gasteiger partial charge >= 0.3 is 6.18 Å². The van der Waals surface area contributed by atoms with E-state index in [1.165, 1.54) is 0 Å². The Hall–Kier alpha value is -1.77. The van der Waals surface area contributed by atoms with Crippen molar-refractivity contribution < 1.29 is 26.3 Å². The highest BCUT2D eigenvalue weighted by molar-refractivity contribution is 7.91. The maximum absolute atomic E-state index is 13.0. The molecule has 0 spiro atoms. The van der Waals surface area contributed by atoms with Crippen molar-refractivity contribution in [2.75, 3.05) is 18.8 Å². The Morgan fingerprint density at radius 2 is 1.84 bits per heavy atom. The van der Waals surface area contributed by atoms with Gasteiger partial charge in [-0.1, -0.05) is 23.7 Å². The number of hydrogen-bond donors (Lipinski definition) is 0. The Bertz CT molecular complexity index is 1010. The van der Waals surface area contributed by atoms with Crippen LogP contribution in [0.5, 0.6) is 5.75 Å². The molecule has 0 saturated carbocycles. The SMILES string of the molecule is CC(C)Oc1ccc(CN2CC[C@@H](CS(=O)(=O)c3cc(C(F)(F)F)ccc3Cl)C2)cc1. The van der Waals surface area contributed by atoms with Gasteiger partial charge < -0.3 is 4.74 Å². The lowest BCUT2D eigenvalue weighted by Crippen LogP contribution is -2.23. The molecule has 1 fully saturated rings. The molecule has 170 valence electrons. The number of sulfone groups is 1. The standard InChI is InChI=1S/C22H25ClF3NO3S/c1-15(2)30-19-6-3-16(4-7-19)12-27-10-9-17(13-27)14-31(28,29)21-11-18(22(24,25)26)5-8-20(21)23/h3-8,11,15,17H,9-10,12-14H2,1-2H3/t17-/m1/s1. The van der Waals surface area contributed by atoms with E-state index in [-0.39, 0.29) is 22.8 Å². The molecule has 2 aromatic rings. The summed E-state index contributed by atoms with van der Waals surface area (Å²) >= 11 is 5.93. The molecule has 0 amide bonds. The second-order valence-corrected chi connectivity index (χ2v) is 10.5. The molecular formula is C22H25ClF3NO3S. The maximum Gasteiger partial charge on any atom is 0.416 e. The molecule has 0 aliphatic carbocycles. The lowest BCUT2D eigenvalue weighted by Gasteiger charge is -2.17. The van der Waals surface area contributed by atoms with Crippen molar-refractivity contribution in [1.29, 1.82) is 0 Å². The number of ether oxygens (including phenoxy) is 1. The van der Waals surface area contributed by atoms with Crippen LogP contribution in [0, 0.1) is 5.92 Å². The molecule has 4 nitrogen and oxygen atoms in total. The van der Waals surface area contributed by atoms with Gasteiger partial charge in [-0.3, -0.25) is 4.90 Å². The number of hydrogen-bond acceptors (Lipinski definition) is 4. The molecule has 0 aromatic heterocycles. The highest BCUT2D eigenvalue weighted by Gasteiger charge is 2.34. The summed E-state index contributed by atoms with van der Waals surface area (Å²) in [5.74, 6) is 0.396. The van der Waals surface area contributed by atoms with Crippen molar-refractivity contribution in [2.45, 2.75) is 44.0 Å². The second-order valence-electron chi connectivity index (χ2n) is 8.12. The van der Waals surface area contributed by atoms with Crippen LogP contribution < -0.4 is 4.74 Å². The van der Waals surface area contributed by atoms with E-state index in [0.717, 1.165) is 30.0 Å². The molecule has 1 aliphatic heterocycles. The zero-order valence-corrected chi connectivity index (χ0v) is 18.9. The van der Waals surface area contributed by atoms with Crippen LogP contribution in [-0.2, 0) is 22.6 Å². The first-order valence-electron chi connectivity index (χ1n) is 10.0. The smallest absolute Gasteiger partial charge is 0.416 e. The normalized spacial score (nSPS) is 18.0. The van der Waals surface area contributed by atoms with Crippen LogP contribution in [0.4, 0.5) is 13.2 Å². The predicted molar refractivity (Wildman–Crippen MR) is 114 cm³/mol. The van der Waals surface area contributed by atoms with Gasteiger partial charge in [0.1, 0.15) is 5.75 Å².